The zero-order valence-electron chi connectivity index (χ0n) is 14.6. The van der Waals surface area contributed by atoms with E-state index < -0.39 is 10.9 Å². The lowest BCUT2D eigenvalue weighted by Crippen LogP contribution is -2.03. The third-order valence-corrected chi connectivity index (χ3v) is 3.97. The average Bonchev–Trinajstić information content (AvgIpc) is 2.72. The molecule has 0 aliphatic rings. The summed E-state index contributed by atoms with van der Waals surface area (Å²) in [6, 6.07) is 21.1. The molecule has 0 N–H and O–H groups in total. The second kappa shape index (κ2) is 8.14. The smallest absolute Gasteiger partial charge is 0.338 e. The Kier molecular flexibility index (Phi) is 5.47. The van der Waals surface area contributed by atoms with Crippen LogP contribution in [0.15, 0.2) is 72.8 Å². The van der Waals surface area contributed by atoms with Crippen molar-refractivity contribution in [2.75, 3.05) is 7.11 Å². The molecule has 6 nitrogen and oxygen atoms in total. The number of benzene rings is 3. The van der Waals surface area contributed by atoms with Crippen molar-refractivity contribution in [1.29, 1.82) is 0 Å². The summed E-state index contributed by atoms with van der Waals surface area (Å²) in [5, 5.41) is 11.2. The minimum absolute atomic E-state index is 0.123. The molecule has 3 aromatic rings. The van der Waals surface area contributed by atoms with E-state index in [1.54, 1.807) is 24.3 Å². The SMILES string of the molecule is COC(=O)c1cc(-c2cccc(OCc3ccccc3)c2)cc([N+](=O)[O-])c1. The molecule has 3 rings (SSSR count). The Bertz CT molecular complexity index is 969. The lowest BCUT2D eigenvalue weighted by molar-refractivity contribution is -0.384. The van der Waals surface area contributed by atoms with Crippen LogP contribution in [0.5, 0.6) is 5.75 Å². The second-order valence-electron chi connectivity index (χ2n) is 5.82. The van der Waals surface area contributed by atoms with Gasteiger partial charge in [-0.15, -0.1) is 0 Å². The number of hydrogen-bond donors (Lipinski definition) is 0. The Morgan fingerprint density at radius 1 is 0.963 bits per heavy atom. The number of non-ortho nitro benzene ring substituents is 1. The fourth-order valence-electron chi connectivity index (χ4n) is 2.63. The maximum atomic E-state index is 11.8. The number of rotatable bonds is 6. The predicted octanol–water partition coefficient (Wildman–Crippen LogP) is 4.63. The van der Waals surface area contributed by atoms with E-state index in [1.807, 2.05) is 36.4 Å². The molecule has 0 atom stereocenters. The van der Waals surface area contributed by atoms with E-state index in [9.17, 15) is 14.9 Å². The van der Waals surface area contributed by atoms with Gasteiger partial charge in [0.1, 0.15) is 12.4 Å². The van der Waals surface area contributed by atoms with Gasteiger partial charge in [0.15, 0.2) is 0 Å². The van der Waals surface area contributed by atoms with Gasteiger partial charge in [0.2, 0.25) is 0 Å². The van der Waals surface area contributed by atoms with Gasteiger partial charge < -0.3 is 9.47 Å². The lowest BCUT2D eigenvalue weighted by atomic mass is 10.0. The molecule has 0 unspecified atom stereocenters. The monoisotopic (exact) mass is 363 g/mol. The molecule has 0 aromatic heterocycles. The number of carbonyl (C=O) groups is 1. The lowest BCUT2D eigenvalue weighted by Gasteiger charge is -2.09. The molecule has 6 heteroatoms. The van der Waals surface area contributed by atoms with Crippen molar-refractivity contribution in [3.63, 3.8) is 0 Å². The summed E-state index contributed by atoms with van der Waals surface area (Å²) in [5.74, 6) is -0.00101. The molecule has 0 heterocycles. The number of methoxy groups -OCH3 is 1. The van der Waals surface area contributed by atoms with Gasteiger partial charge in [-0.1, -0.05) is 42.5 Å². The van der Waals surface area contributed by atoms with Crippen LogP contribution in [0.2, 0.25) is 0 Å². The van der Waals surface area contributed by atoms with Gasteiger partial charge in [-0.05, 0) is 34.9 Å². The third kappa shape index (κ3) is 4.49. The molecule has 0 fully saturated rings. The molecular formula is C21H17NO5. The summed E-state index contributed by atoms with van der Waals surface area (Å²) in [6.07, 6.45) is 0. The summed E-state index contributed by atoms with van der Waals surface area (Å²) in [4.78, 5) is 22.5. The van der Waals surface area contributed by atoms with E-state index in [-0.39, 0.29) is 11.3 Å². The first-order valence-corrected chi connectivity index (χ1v) is 8.22. The van der Waals surface area contributed by atoms with Crippen molar-refractivity contribution >= 4 is 11.7 Å². The largest absolute Gasteiger partial charge is 0.489 e. The minimum Gasteiger partial charge on any atom is -0.489 e. The summed E-state index contributed by atoms with van der Waals surface area (Å²) < 4.78 is 10.5. The highest BCUT2D eigenvalue weighted by atomic mass is 16.6. The highest BCUT2D eigenvalue weighted by molar-refractivity contribution is 5.92. The van der Waals surface area contributed by atoms with Crippen LogP contribution in [0.25, 0.3) is 11.1 Å². The zero-order chi connectivity index (χ0) is 19.2. The first-order chi connectivity index (χ1) is 13.1. The van der Waals surface area contributed by atoms with Crippen molar-refractivity contribution in [3.8, 4) is 16.9 Å². The predicted molar refractivity (Wildman–Crippen MR) is 101 cm³/mol. The molecule has 0 saturated carbocycles. The molecule has 0 bridgehead atoms. The number of nitro benzene ring substituents is 1. The fourth-order valence-corrected chi connectivity index (χ4v) is 2.63. The van der Waals surface area contributed by atoms with Crippen molar-refractivity contribution in [1.82, 2.24) is 0 Å². The maximum absolute atomic E-state index is 11.8. The normalized spacial score (nSPS) is 10.3. The van der Waals surface area contributed by atoms with Crippen LogP contribution in [0, 0.1) is 10.1 Å². The van der Waals surface area contributed by atoms with Crippen LogP contribution in [-0.4, -0.2) is 18.0 Å². The van der Waals surface area contributed by atoms with E-state index in [0.717, 1.165) is 5.56 Å². The molecule has 0 aliphatic carbocycles. The van der Waals surface area contributed by atoms with Crippen molar-refractivity contribution in [2.45, 2.75) is 6.61 Å². The van der Waals surface area contributed by atoms with Gasteiger partial charge >= 0.3 is 5.97 Å². The Morgan fingerprint density at radius 2 is 1.74 bits per heavy atom. The highest BCUT2D eigenvalue weighted by Crippen LogP contribution is 2.29. The van der Waals surface area contributed by atoms with E-state index in [0.29, 0.717) is 23.5 Å². The molecule has 0 saturated heterocycles. The molecular weight excluding hydrogens is 346 g/mol. The molecule has 136 valence electrons. The van der Waals surface area contributed by atoms with Gasteiger partial charge in [0, 0.05) is 12.1 Å². The van der Waals surface area contributed by atoms with Crippen LogP contribution in [0.3, 0.4) is 0 Å². The Labute approximate surface area is 156 Å². The van der Waals surface area contributed by atoms with Crippen LogP contribution < -0.4 is 4.74 Å². The number of nitro groups is 1. The second-order valence-corrected chi connectivity index (χ2v) is 5.82. The highest BCUT2D eigenvalue weighted by Gasteiger charge is 2.16. The zero-order valence-corrected chi connectivity index (χ0v) is 14.6. The van der Waals surface area contributed by atoms with Crippen LogP contribution >= 0.6 is 0 Å². The standard InChI is InChI=1S/C21H17NO5/c1-26-21(23)18-10-17(11-19(12-18)22(24)25)16-8-5-9-20(13-16)27-14-15-6-3-2-4-7-15/h2-13H,14H2,1H3. The number of esters is 1. The molecule has 0 spiro atoms. The quantitative estimate of drug-likeness (QED) is 0.362. The molecule has 0 aliphatic heterocycles. The summed E-state index contributed by atoms with van der Waals surface area (Å²) >= 11 is 0. The molecule has 0 amide bonds. The van der Waals surface area contributed by atoms with E-state index in [2.05, 4.69) is 4.74 Å². The molecule has 27 heavy (non-hydrogen) atoms. The van der Waals surface area contributed by atoms with Gasteiger partial charge in [-0.3, -0.25) is 10.1 Å². The van der Waals surface area contributed by atoms with Crippen LogP contribution in [-0.2, 0) is 11.3 Å². The van der Waals surface area contributed by atoms with Gasteiger partial charge in [-0.2, -0.15) is 0 Å². The van der Waals surface area contributed by atoms with Gasteiger partial charge in [-0.25, -0.2) is 4.79 Å². The average molecular weight is 363 g/mol. The summed E-state index contributed by atoms with van der Waals surface area (Å²) in [5.41, 5.74) is 2.22. The van der Waals surface area contributed by atoms with Gasteiger partial charge in [0.05, 0.1) is 17.6 Å². The van der Waals surface area contributed by atoms with E-state index >= 15 is 0 Å². The first kappa shape index (κ1) is 18.1. The van der Waals surface area contributed by atoms with Gasteiger partial charge in [0.25, 0.3) is 5.69 Å². The Morgan fingerprint density at radius 3 is 2.44 bits per heavy atom. The van der Waals surface area contributed by atoms with Crippen molar-refractivity contribution in [3.05, 3.63) is 94.0 Å². The Hall–Kier alpha value is -3.67. The third-order valence-electron chi connectivity index (χ3n) is 3.97. The van der Waals surface area contributed by atoms with Crippen molar-refractivity contribution in [2.24, 2.45) is 0 Å². The number of ether oxygens (including phenoxy) is 2. The van der Waals surface area contributed by atoms with E-state index in [1.165, 1.54) is 19.2 Å². The van der Waals surface area contributed by atoms with E-state index in [4.69, 9.17) is 4.74 Å². The summed E-state index contributed by atoms with van der Waals surface area (Å²) in [7, 11) is 1.24. The minimum atomic E-state index is -0.628. The number of carbonyl (C=O) groups excluding carboxylic acids is 1. The summed E-state index contributed by atoms with van der Waals surface area (Å²) in [6.45, 7) is 0.409. The van der Waals surface area contributed by atoms with Crippen molar-refractivity contribution < 1.29 is 19.2 Å². The Balaban J connectivity index is 1.90. The van der Waals surface area contributed by atoms with Crippen LogP contribution in [0.1, 0.15) is 15.9 Å². The number of hydrogen-bond acceptors (Lipinski definition) is 5. The van der Waals surface area contributed by atoms with Crippen LogP contribution in [0.4, 0.5) is 5.69 Å². The first-order valence-electron chi connectivity index (χ1n) is 8.22. The molecule has 0 radical (unpaired) electrons. The topological polar surface area (TPSA) is 78.7 Å². The number of nitrogens with zero attached hydrogens (tertiary/aromatic N) is 1. The fraction of sp³-hybridized carbons (Fsp3) is 0.0952. The maximum Gasteiger partial charge on any atom is 0.338 e. The molecule has 3 aromatic carbocycles.